The van der Waals surface area contributed by atoms with E-state index in [0.717, 1.165) is 0 Å². The number of ether oxygens (including phenoxy) is 1. The lowest BCUT2D eigenvalue weighted by Crippen LogP contribution is -2.23. The molecular formula is C12H14ClN3O2. The van der Waals surface area contributed by atoms with Crippen LogP contribution in [0, 0.1) is 0 Å². The van der Waals surface area contributed by atoms with Crippen LogP contribution >= 0.6 is 11.6 Å². The van der Waals surface area contributed by atoms with Gasteiger partial charge < -0.3 is 10.5 Å². The number of methoxy groups -OCH3 is 1. The summed E-state index contributed by atoms with van der Waals surface area (Å²) in [6.07, 6.45) is 0.677. The first kappa shape index (κ1) is 12.9. The second-order valence-corrected chi connectivity index (χ2v) is 4.20. The van der Waals surface area contributed by atoms with Crippen LogP contribution < -0.4 is 16.0 Å². The predicted octanol–water partition coefficient (Wildman–Crippen LogP) is 1.41. The summed E-state index contributed by atoms with van der Waals surface area (Å²) in [7, 11) is 1.55. The smallest absolute Gasteiger partial charge is 0.262 e. The number of fused-ring (bicyclic) bond motifs is 1. The average molecular weight is 268 g/mol. The van der Waals surface area contributed by atoms with Crippen LogP contribution in [0.1, 0.15) is 6.42 Å². The van der Waals surface area contributed by atoms with Crippen molar-refractivity contribution >= 4 is 22.5 Å². The summed E-state index contributed by atoms with van der Waals surface area (Å²) in [6.45, 7) is 0.966. The van der Waals surface area contributed by atoms with Gasteiger partial charge in [-0.15, -0.1) is 0 Å². The van der Waals surface area contributed by atoms with Gasteiger partial charge in [0.05, 0.1) is 18.0 Å². The second-order valence-electron chi connectivity index (χ2n) is 3.86. The molecule has 0 unspecified atom stereocenters. The summed E-state index contributed by atoms with van der Waals surface area (Å²) in [5.41, 5.74) is 5.83. The molecule has 96 valence electrons. The Kier molecular flexibility index (Phi) is 3.84. The minimum atomic E-state index is -0.169. The van der Waals surface area contributed by atoms with E-state index in [1.54, 1.807) is 25.3 Å². The summed E-state index contributed by atoms with van der Waals surface area (Å²) in [5, 5.41) is 0.682. The fraction of sp³-hybridized carbons (Fsp3) is 0.333. The Labute approximate surface area is 109 Å². The Bertz CT molecular complexity index is 624. The van der Waals surface area contributed by atoms with Crippen LogP contribution in [0.3, 0.4) is 0 Å². The van der Waals surface area contributed by atoms with Crippen molar-refractivity contribution in [2.24, 2.45) is 5.73 Å². The molecule has 0 aliphatic heterocycles. The van der Waals surface area contributed by atoms with Crippen LogP contribution in [0.2, 0.25) is 5.28 Å². The topological polar surface area (TPSA) is 70.1 Å². The maximum atomic E-state index is 12.3. The Hall–Kier alpha value is -1.59. The summed E-state index contributed by atoms with van der Waals surface area (Å²) < 4.78 is 6.53. The Balaban J connectivity index is 2.62. The summed E-state index contributed by atoms with van der Waals surface area (Å²) in [4.78, 5) is 16.5. The lowest BCUT2D eigenvalue weighted by atomic mass is 10.2. The largest absolute Gasteiger partial charge is 0.497 e. The van der Waals surface area contributed by atoms with E-state index >= 15 is 0 Å². The first-order chi connectivity index (χ1) is 8.67. The molecule has 2 aromatic rings. The van der Waals surface area contributed by atoms with Gasteiger partial charge in [0.2, 0.25) is 5.28 Å². The number of halogens is 1. The molecule has 2 N–H and O–H groups in total. The normalized spacial score (nSPS) is 10.8. The van der Waals surface area contributed by atoms with Gasteiger partial charge in [-0.05, 0) is 42.8 Å². The molecule has 0 radical (unpaired) electrons. The van der Waals surface area contributed by atoms with Gasteiger partial charge in [0, 0.05) is 6.54 Å². The number of hydrogen-bond donors (Lipinski definition) is 1. The molecule has 18 heavy (non-hydrogen) atoms. The maximum absolute atomic E-state index is 12.3. The fourth-order valence-electron chi connectivity index (χ4n) is 1.74. The van der Waals surface area contributed by atoms with Crippen LogP contribution in [0.5, 0.6) is 5.75 Å². The minimum Gasteiger partial charge on any atom is -0.497 e. The van der Waals surface area contributed by atoms with Crippen molar-refractivity contribution in [1.29, 1.82) is 0 Å². The first-order valence-electron chi connectivity index (χ1n) is 5.61. The van der Waals surface area contributed by atoms with Crippen LogP contribution in [-0.4, -0.2) is 23.2 Å². The van der Waals surface area contributed by atoms with E-state index in [4.69, 9.17) is 22.1 Å². The van der Waals surface area contributed by atoms with Gasteiger partial charge in [-0.1, -0.05) is 0 Å². The molecule has 1 heterocycles. The SMILES string of the molecule is COc1ccc2nc(Cl)n(CCCN)c(=O)c2c1. The zero-order valence-corrected chi connectivity index (χ0v) is 10.8. The number of hydrogen-bond acceptors (Lipinski definition) is 4. The maximum Gasteiger partial charge on any atom is 0.262 e. The van der Waals surface area contributed by atoms with Gasteiger partial charge in [-0.3, -0.25) is 9.36 Å². The van der Waals surface area contributed by atoms with Crippen molar-refractivity contribution in [2.45, 2.75) is 13.0 Å². The van der Waals surface area contributed by atoms with E-state index in [1.807, 2.05) is 0 Å². The highest BCUT2D eigenvalue weighted by Gasteiger charge is 2.09. The zero-order valence-electron chi connectivity index (χ0n) is 10.0. The molecule has 0 saturated heterocycles. The molecule has 0 amide bonds. The van der Waals surface area contributed by atoms with Gasteiger partial charge in [0.25, 0.3) is 5.56 Å². The van der Waals surface area contributed by atoms with Crippen molar-refractivity contribution in [2.75, 3.05) is 13.7 Å². The van der Waals surface area contributed by atoms with Crippen LogP contribution in [0.15, 0.2) is 23.0 Å². The van der Waals surface area contributed by atoms with E-state index < -0.39 is 0 Å². The van der Waals surface area contributed by atoms with Gasteiger partial charge in [-0.25, -0.2) is 4.98 Å². The number of nitrogens with two attached hydrogens (primary N) is 1. The molecule has 6 heteroatoms. The number of aromatic nitrogens is 2. The van der Waals surface area contributed by atoms with Crippen LogP contribution in [0.25, 0.3) is 10.9 Å². The van der Waals surface area contributed by atoms with Crippen molar-refractivity contribution in [3.8, 4) is 5.75 Å². The summed E-state index contributed by atoms with van der Waals surface area (Å²) >= 11 is 6.00. The monoisotopic (exact) mass is 267 g/mol. The van der Waals surface area contributed by atoms with E-state index in [2.05, 4.69) is 4.98 Å². The molecular weight excluding hydrogens is 254 g/mol. The van der Waals surface area contributed by atoms with Gasteiger partial charge in [0.15, 0.2) is 0 Å². The van der Waals surface area contributed by atoms with Crippen molar-refractivity contribution in [3.63, 3.8) is 0 Å². The molecule has 0 atom stereocenters. The minimum absolute atomic E-state index is 0.169. The molecule has 0 saturated carbocycles. The molecule has 0 bridgehead atoms. The van der Waals surface area contributed by atoms with Crippen molar-refractivity contribution in [1.82, 2.24) is 9.55 Å². The third kappa shape index (κ3) is 2.32. The molecule has 2 rings (SSSR count). The van der Waals surface area contributed by atoms with Gasteiger partial charge >= 0.3 is 0 Å². The second kappa shape index (κ2) is 5.37. The lowest BCUT2D eigenvalue weighted by molar-refractivity contribution is 0.415. The first-order valence-corrected chi connectivity index (χ1v) is 5.99. The Morgan fingerprint density at radius 1 is 1.50 bits per heavy atom. The van der Waals surface area contributed by atoms with Crippen LogP contribution in [0.4, 0.5) is 0 Å². The average Bonchev–Trinajstić information content (AvgIpc) is 2.38. The number of rotatable bonds is 4. The predicted molar refractivity (Wildman–Crippen MR) is 71.2 cm³/mol. The van der Waals surface area contributed by atoms with E-state index in [1.165, 1.54) is 4.57 Å². The Morgan fingerprint density at radius 2 is 2.28 bits per heavy atom. The van der Waals surface area contributed by atoms with Crippen LogP contribution in [-0.2, 0) is 6.54 Å². The molecule has 0 fully saturated rings. The van der Waals surface area contributed by atoms with E-state index in [0.29, 0.717) is 36.2 Å². The van der Waals surface area contributed by atoms with Gasteiger partial charge in [-0.2, -0.15) is 0 Å². The fourth-order valence-corrected chi connectivity index (χ4v) is 2.00. The van der Waals surface area contributed by atoms with Crippen molar-refractivity contribution < 1.29 is 4.74 Å². The number of benzene rings is 1. The van der Waals surface area contributed by atoms with Crippen molar-refractivity contribution in [3.05, 3.63) is 33.8 Å². The third-order valence-electron chi connectivity index (χ3n) is 2.70. The summed E-state index contributed by atoms with van der Waals surface area (Å²) in [6, 6.07) is 5.13. The number of nitrogens with zero attached hydrogens (tertiary/aromatic N) is 2. The standard InChI is InChI=1S/C12H14ClN3O2/c1-18-8-3-4-10-9(7-8)11(17)16(6-2-5-14)12(13)15-10/h3-4,7H,2,5-6,14H2,1H3. The highest BCUT2D eigenvalue weighted by atomic mass is 35.5. The van der Waals surface area contributed by atoms with Gasteiger partial charge in [0.1, 0.15) is 5.75 Å². The third-order valence-corrected chi connectivity index (χ3v) is 2.99. The Morgan fingerprint density at radius 3 is 2.94 bits per heavy atom. The quantitative estimate of drug-likeness (QED) is 0.851. The molecule has 5 nitrogen and oxygen atoms in total. The lowest BCUT2D eigenvalue weighted by Gasteiger charge is -2.09. The van der Waals surface area contributed by atoms with E-state index in [9.17, 15) is 4.79 Å². The molecule has 0 aliphatic carbocycles. The molecule has 1 aromatic heterocycles. The van der Waals surface area contributed by atoms with E-state index in [-0.39, 0.29) is 10.8 Å². The zero-order chi connectivity index (χ0) is 13.1. The highest BCUT2D eigenvalue weighted by molar-refractivity contribution is 6.28. The molecule has 1 aromatic carbocycles. The molecule has 0 aliphatic rings. The highest BCUT2D eigenvalue weighted by Crippen LogP contribution is 2.18. The summed E-state index contributed by atoms with van der Waals surface area (Å²) in [5.74, 6) is 0.620. The molecule has 0 spiro atoms.